The molecule has 5 heteroatoms. The maximum Gasteiger partial charge on any atom is 0.303 e. The summed E-state index contributed by atoms with van der Waals surface area (Å²) < 4.78 is 0. The van der Waals surface area contributed by atoms with Crippen LogP contribution in [0.15, 0.2) is 36.4 Å². The molecule has 27 heavy (non-hydrogen) atoms. The molecule has 1 aromatic carbocycles. The van der Waals surface area contributed by atoms with Crippen LogP contribution in [0.1, 0.15) is 49.7 Å². The lowest BCUT2D eigenvalue weighted by Crippen LogP contribution is -2.35. The third kappa shape index (κ3) is 8.04. The highest BCUT2D eigenvalue weighted by molar-refractivity contribution is 6.21. The van der Waals surface area contributed by atoms with Gasteiger partial charge in [0, 0.05) is 19.0 Å². The number of nitrogens with zero attached hydrogens (tertiary/aromatic N) is 1. The Bertz CT molecular complexity index is 619. The third-order valence-corrected chi connectivity index (χ3v) is 5.70. The van der Waals surface area contributed by atoms with E-state index in [1.807, 2.05) is 6.07 Å². The summed E-state index contributed by atoms with van der Waals surface area (Å²) in [5, 5.41) is 19.2. The monoisotopic (exact) mass is 393 g/mol. The van der Waals surface area contributed by atoms with Crippen LogP contribution in [0.5, 0.6) is 0 Å². The maximum atomic E-state index is 10.5. The molecule has 0 bridgehead atoms. The molecular weight excluding hydrogens is 362 g/mol. The first-order chi connectivity index (χ1) is 13.0. The topological polar surface area (TPSA) is 60.8 Å². The molecule has 0 radical (unpaired) electrons. The number of carboxylic acids is 1. The fourth-order valence-electron chi connectivity index (χ4n) is 3.70. The Hall–Kier alpha value is -1.36. The van der Waals surface area contributed by atoms with E-state index in [0.717, 1.165) is 38.8 Å². The lowest BCUT2D eigenvalue weighted by atomic mass is 10.0. The van der Waals surface area contributed by atoms with Crippen molar-refractivity contribution in [1.82, 2.24) is 4.90 Å². The number of unbranched alkanes of at least 4 members (excludes halogenated alkanes) is 1. The van der Waals surface area contributed by atoms with Crippen molar-refractivity contribution in [2.45, 2.75) is 69.4 Å². The van der Waals surface area contributed by atoms with Gasteiger partial charge in [-0.25, -0.2) is 0 Å². The molecule has 1 aliphatic rings. The fraction of sp³-hybridized carbons (Fsp3) is 0.591. The number of hydrogen-bond acceptors (Lipinski definition) is 3. The van der Waals surface area contributed by atoms with E-state index in [2.05, 4.69) is 42.2 Å². The number of allylic oxidation sites excluding steroid dienone is 1. The second-order valence-corrected chi connectivity index (χ2v) is 8.10. The minimum atomic E-state index is -0.740. The summed E-state index contributed by atoms with van der Waals surface area (Å²) in [7, 11) is 0. The van der Waals surface area contributed by atoms with Crippen LogP contribution >= 0.6 is 11.6 Å². The number of benzene rings is 1. The van der Waals surface area contributed by atoms with Crippen molar-refractivity contribution in [3.05, 3.63) is 47.5 Å². The standard InChI is InChI=1S/C22H32ClNO3/c1-17-7-6-8-18(15-17)16-19(25)11-13-24-14-12-20(23)21(24)9-4-2-3-5-10-22(26)27/h2,4,6-8,15,19-21,25H,3,5,9-14,16H2,1H3,(H,26,27)/b4-2-/t19-,20+,21-/m0/s1. The largest absolute Gasteiger partial charge is 0.481 e. The molecule has 0 spiro atoms. The molecule has 1 aliphatic heterocycles. The number of carbonyl (C=O) groups is 1. The van der Waals surface area contributed by atoms with Gasteiger partial charge in [-0.1, -0.05) is 42.0 Å². The van der Waals surface area contributed by atoms with E-state index in [9.17, 15) is 9.90 Å². The SMILES string of the molecule is Cc1cccc(C[C@@H](O)CCN2CC[C@@H](Cl)[C@@H]2C/C=C\CCCC(=O)O)c1. The summed E-state index contributed by atoms with van der Waals surface area (Å²) in [6.07, 6.45) is 8.84. The van der Waals surface area contributed by atoms with E-state index in [-0.39, 0.29) is 17.9 Å². The van der Waals surface area contributed by atoms with Gasteiger partial charge in [-0.05, 0) is 57.6 Å². The molecule has 1 heterocycles. The Morgan fingerprint density at radius 1 is 1.41 bits per heavy atom. The first kappa shape index (κ1) is 21.9. The molecule has 3 atom stereocenters. The van der Waals surface area contributed by atoms with Gasteiger partial charge in [-0.3, -0.25) is 9.69 Å². The van der Waals surface area contributed by atoms with Gasteiger partial charge in [0.2, 0.25) is 0 Å². The van der Waals surface area contributed by atoms with Crippen molar-refractivity contribution in [3.8, 4) is 0 Å². The number of hydrogen-bond donors (Lipinski definition) is 2. The summed E-state index contributed by atoms with van der Waals surface area (Å²) in [5.41, 5.74) is 2.40. The number of likely N-dealkylation sites (tertiary alicyclic amines) is 1. The van der Waals surface area contributed by atoms with Crippen molar-refractivity contribution < 1.29 is 15.0 Å². The van der Waals surface area contributed by atoms with Crippen LogP contribution in [0, 0.1) is 6.92 Å². The van der Waals surface area contributed by atoms with Crippen LogP contribution in [0.2, 0.25) is 0 Å². The van der Waals surface area contributed by atoms with Gasteiger partial charge >= 0.3 is 5.97 Å². The number of aliphatic hydroxyl groups excluding tert-OH is 1. The highest BCUT2D eigenvalue weighted by Crippen LogP contribution is 2.26. The molecular formula is C22H32ClNO3. The number of aliphatic hydroxyl groups is 1. The summed E-state index contributed by atoms with van der Waals surface area (Å²) in [5.74, 6) is -0.740. The predicted molar refractivity (Wildman–Crippen MR) is 110 cm³/mol. The van der Waals surface area contributed by atoms with E-state index in [1.54, 1.807) is 0 Å². The Kier molecular flexibility index (Phi) is 9.32. The van der Waals surface area contributed by atoms with E-state index >= 15 is 0 Å². The zero-order chi connectivity index (χ0) is 19.6. The average molecular weight is 394 g/mol. The summed E-state index contributed by atoms with van der Waals surface area (Å²) in [6, 6.07) is 8.61. The van der Waals surface area contributed by atoms with Crippen molar-refractivity contribution in [3.63, 3.8) is 0 Å². The lowest BCUT2D eigenvalue weighted by Gasteiger charge is -2.26. The molecule has 0 unspecified atom stereocenters. The quantitative estimate of drug-likeness (QED) is 0.336. The predicted octanol–water partition coefficient (Wildman–Crippen LogP) is 4.17. The molecule has 0 aliphatic carbocycles. The second kappa shape index (κ2) is 11.5. The van der Waals surface area contributed by atoms with Crippen LogP contribution in [0.25, 0.3) is 0 Å². The highest BCUT2D eigenvalue weighted by Gasteiger charge is 2.31. The number of halogens is 1. The fourth-order valence-corrected chi connectivity index (χ4v) is 4.06. The van der Waals surface area contributed by atoms with E-state index in [0.29, 0.717) is 18.9 Å². The van der Waals surface area contributed by atoms with Gasteiger partial charge in [-0.2, -0.15) is 0 Å². The minimum Gasteiger partial charge on any atom is -0.481 e. The van der Waals surface area contributed by atoms with E-state index in [1.165, 1.54) is 11.1 Å². The van der Waals surface area contributed by atoms with Crippen LogP contribution in [-0.2, 0) is 11.2 Å². The summed E-state index contributed by atoms with van der Waals surface area (Å²) in [4.78, 5) is 12.9. The van der Waals surface area contributed by atoms with Gasteiger partial charge < -0.3 is 10.2 Å². The van der Waals surface area contributed by atoms with Crippen molar-refractivity contribution in [2.24, 2.45) is 0 Å². The number of aryl methyl sites for hydroxylation is 1. The summed E-state index contributed by atoms with van der Waals surface area (Å²) in [6.45, 7) is 3.90. The molecule has 150 valence electrons. The Balaban J connectivity index is 1.73. The average Bonchev–Trinajstić information content (AvgIpc) is 2.96. The number of aliphatic carboxylic acids is 1. The zero-order valence-corrected chi connectivity index (χ0v) is 16.9. The highest BCUT2D eigenvalue weighted by atomic mass is 35.5. The third-order valence-electron chi connectivity index (χ3n) is 5.19. The normalized spacial score (nSPS) is 21.7. The first-order valence-electron chi connectivity index (χ1n) is 9.94. The Morgan fingerprint density at radius 3 is 2.96 bits per heavy atom. The Morgan fingerprint density at radius 2 is 2.22 bits per heavy atom. The molecule has 1 aromatic rings. The van der Waals surface area contributed by atoms with Crippen molar-refractivity contribution in [1.29, 1.82) is 0 Å². The van der Waals surface area contributed by atoms with Gasteiger partial charge in [0.15, 0.2) is 0 Å². The van der Waals surface area contributed by atoms with Gasteiger partial charge in [-0.15, -0.1) is 11.6 Å². The Labute approximate surface area is 167 Å². The van der Waals surface area contributed by atoms with Gasteiger partial charge in [0.05, 0.1) is 11.5 Å². The van der Waals surface area contributed by atoms with Gasteiger partial charge in [0.25, 0.3) is 0 Å². The van der Waals surface area contributed by atoms with Crippen molar-refractivity contribution >= 4 is 17.6 Å². The number of rotatable bonds is 11. The van der Waals surface area contributed by atoms with Crippen LogP contribution < -0.4 is 0 Å². The first-order valence-corrected chi connectivity index (χ1v) is 10.4. The molecule has 0 saturated carbocycles. The van der Waals surface area contributed by atoms with Crippen LogP contribution in [0.3, 0.4) is 0 Å². The molecule has 2 N–H and O–H groups in total. The number of carboxylic acid groups (broad SMARTS) is 1. The smallest absolute Gasteiger partial charge is 0.303 e. The van der Waals surface area contributed by atoms with Crippen molar-refractivity contribution in [2.75, 3.05) is 13.1 Å². The lowest BCUT2D eigenvalue weighted by molar-refractivity contribution is -0.137. The maximum absolute atomic E-state index is 10.5. The number of alkyl halides is 1. The molecule has 1 fully saturated rings. The molecule has 2 rings (SSSR count). The molecule has 0 aromatic heterocycles. The van der Waals surface area contributed by atoms with Crippen LogP contribution in [-0.4, -0.2) is 51.7 Å². The zero-order valence-electron chi connectivity index (χ0n) is 16.2. The second-order valence-electron chi connectivity index (χ2n) is 7.54. The minimum absolute atomic E-state index is 0.141. The van der Waals surface area contributed by atoms with Crippen LogP contribution in [0.4, 0.5) is 0 Å². The van der Waals surface area contributed by atoms with E-state index < -0.39 is 5.97 Å². The summed E-state index contributed by atoms with van der Waals surface area (Å²) >= 11 is 6.50. The molecule has 0 amide bonds. The molecule has 4 nitrogen and oxygen atoms in total. The van der Waals surface area contributed by atoms with Gasteiger partial charge in [0.1, 0.15) is 0 Å². The molecule has 1 saturated heterocycles. The van der Waals surface area contributed by atoms with E-state index in [4.69, 9.17) is 16.7 Å².